The molecule has 0 aromatic rings. The maximum absolute atomic E-state index is 14.6. The number of phenols is 1. The highest BCUT2D eigenvalue weighted by atomic mass is 16.5. The van der Waals surface area contributed by atoms with Crippen molar-refractivity contribution in [2.24, 2.45) is 17.2 Å². The van der Waals surface area contributed by atoms with Gasteiger partial charge in [-0.2, -0.15) is 0 Å². The molecule has 12 amide bonds. The van der Waals surface area contributed by atoms with Gasteiger partial charge >= 0.3 is 11.9 Å². The zero-order chi connectivity index (χ0) is 69.2. The van der Waals surface area contributed by atoms with Crippen LogP contribution in [0.3, 0.4) is 0 Å². The second-order valence-electron chi connectivity index (χ2n) is 22.1. The molecule has 1 saturated heterocycles. The number of cyclic esters (lactones) is 1. The molecule has 93 heavy (non-hydrogen) atoms. The molecule has 0 radical (unpaired) electrons. The molecule has 1 aliphatic carbocycles. The number of phenolic OH excluding ortho intramolecular Hbond substituents is 1. The Morgan fingerprint density at radius 2 is 1.27 bits per heavy atom. The number of Topliss-reactive ketones (excluding diaryl/α,β-unsaturated/α-hetero) is 1. The Morgan fingerprint density at radius 1 is 0.699 bits per heavy atom. The number of carboxylic acids is 1. The van der Waals surface area contributed by atoms with Crippen LogP contribution in [0.4, 0.5) is 11.5 Å². The molecule has 4 rings (SSSR count). The summed E-state index contributed by atoms with van der Waals surface area (Å²) in [4.78, 5) is 211. The number of amides is 12. The molecule has 1 fully saturated rings. The summed E-state index contributed by atoms with van der Waals surface area (Å²) in [5.41, 5.74) is 16.2. The van der Waals surface area contributed by atoms with Gasteiger partial charge in [-0.1, -0.05) is 0 Å². The highest BCUT2D eigenvalue weighted by Crippen LogP contribution is 2.40. The number of hydroxylamine groups is 4. The first-order valence-corrected chi connectivity index (χ1v) is 29.9. The number of esters is 1. The minimum atomic E-state index is -1.91. The number of unbranched alkanes of at least 4 members (excludes halogenated alkanes) is 2. The lowest BCUT2D eigenvalue weighted by Crippen LogP contribution is -2.62. The van der Waals surface area contributed by atoms with Crippen LogP contribution < -0.4 is 75.8 Å². The fourth-order valence-corrected chi connectivity index (χ4v) is 9.83. The van der Waals surface area contributed by atoms with Crippen LogP contribution in [0, 0.1) is 0 Å². The van der Waals surface area contributed by atoms with Crippen LogP contribution >= 0.6 is 0 Å². The number of carbonyl (C=O) groups is 15. The van der Waals surface area contributed by atoms with E-state index >= 15 is 0 Å². The number of nitrogens with zero attached hydrogens (tertiary/aromatic N) is 3. The number of carbonyl (C=O) groups excluding carboxylic acids is 14. The number of aromatic hydroxyl groups is 1. The Hall–Kier alpha value is -9.88. The lowest BCUT2D eigenvalue weighted by Gasteiger charge is -2.34. The predicted molar refractivity (Wildman–Crippen MR) is 321 cm³/mol. The Labute approximate surface area is 531 Å². The van der Waals surface area contributed by atoms with Gasteiger partial charge in [0.05, 0.1) is 17.8 Å². The number of carboxylic acid groups (broad SMARTS) is 1. The summed E-state index contributed by atoms with van der Waals surface area (Å²) in [5.74, 6) is -15.3. The number of ether oxygens (including phenoxy) is 1. The number of benzene rings is 1. The van der Waals surface area contributed by atoms with Crippen LogP contribution in [-0.2, 0) is 76.7 Å². The second-order valence-corrected chi connectivity index (χ2v) is 22.1. The Morgan fingerprint density at radius 3 is 1.89 bits per heavy atom. The molecule has 0 spiro atoms. The van der Waals surface area contributed by atoms with E-state index in [1.807, 2.05) is 0 Å². The lowest BCUT2D eigenvalue weighted by molar-refractivity contribution is -0.156. The van der Waals surface area contributed by atoms with Gasteiger partial charge in [-0.05, 0) is 117 Å². The number of fused-ring (bicyclic) bond motifs is 3. The molecule has 9 unspecified atom stereocenters. The van der Waals surface area contributed by atoms with Crippen LogP contribution in [0.5, 0.6) is 5.75 Å². The van der Waals surface area contributed by atoms with Gasteiger partial charge in [-0.3, -0.25) is 77.5 Å². The van der Waals surface area contributed by atoms with Gasteiger partial charge in [-0.25, -0.2) is 19.7 Å². The summed E-state index contributed by atoms with van der Waals surface area (Å²) in [6.45, 7) is 3.22. The van der Waals surface area contributed by atoms with Gasteiger partial charge in [0.25, 0.3) is 0 Å². The smallest absolute Gasteiger partial charge is 0.372 e. The van der Waals surface area contributed by atoms with Crippen LogP contribution in [-0.4, -0.2) is 212 Å². The van der Waals surface area contributed by atoms with E-state index in [1.165, 1.54) is 31.4 Å². The van der Waals surface area contributed by atoms with E-state index in [0.717, 1.165) is 12.1 Å². The van der Waals surface area contributed by atoms with Crippen LogP contribution in [0.25, 0.3) is 11.3 Å². The van der Waals surface area contributed by atoms with Crippen molar-refractivity contribution in [2.75, 3.05) is 43.4 Å². The molecular formula is C56H82N16O21. The predicted octanol–water partition coefficient (Wildman–Crippen LogP) is -5.36. The molecular weight excluding hydrogens is 1230 g/mol. The van der Waals surface area contributed by atoms with E-state index in [-0.39, 0.29) is 125 Å². The number of hydrogen-bond donors (Lipinski definition) is 17. The minimum absolute atomic E-state index is 0.00612. The first kappa shape index (κ1) is 75.6. The number of pyridine rings is 1. The summed E-state index contributed by atoms with van der Waals surface area (Å²) in [7, 11) is 0. The monoisotopic (exact) mass is 1310 g/mol. The van der Waals surface area contributed by atoms with Gasteiger partial charge < -0.3 is 89.9 Å². The molecule has 0 aromatic carbocycles. The van der Waals surface area contributed by atoms with Gasteiger partial charge in [0.2, 0.25) is 83.1 Å². The van der Waals surface area contributed by atoms with Crippen LogP contribution in [0.2, 0.25) is 0 Å². The number of nitrogens with one attached hydrogen (secondary N) is 10. The fraction of sp³-hybridized carbons (Fsp3) is 0.571. The number of aromatic nitrogens is 1. The lowest BCUT2D eigenvalue weighted by atomic mass is 10.0. The third-order valence-electron chi connectivity index (χ3n) is 14.9. The Balaban J connectivity index is 1.70. The zero-order valence-electron chi connectivity index (χ0n) is 51.4. The SMILES string of the molecule is CC1NC(=O)C(C)NC(=O)C(NC(=O)C(CCCCN)NC(=O)C(CCCN(O)C=O)NC(=O)C(CC(N)=O)NC(=O)[C@@H]2CCNc3c(NC(=O)CCC(=O)C(=O)O)cc4cc(O)c(=O)cc-4n32)C(C)OC(=O)C(CCCCN)NC(=O)C(CCCN(O)C=O)NC1=O. The molecule has 0 bridgehead atoms. The highest BCUT2D eigenvalue weighted by molar-refractivity contribution is 6.33. The highest BCUT2D eigenvalue weighted by Gasteiger charge is 2.40. The molecule has 10 atom stereocenters. The van der Waals surface area contributed by atoms with Gasteiger partial charge in [0.1, 0.15) is 66.3 Å². The molecule has 3 heterocycles. The molecule has 37 heteroatoms. The van der Waals surface area contributed by atoms with Crippen molar-refractivity contribution >= 4 is 101 Å². The quantitative estimate of drug-likeness (QED) is 0.00792. The van der Waals surface area contributed by atoms with Crippen molar-refractivity contribution in [3.63, 3.8) is 0 Å². The van der Waals surface area contributed by atoms with Gasteiger partial charge in [0.15, 0.2) is 5.75 Å². The summed E-state index contributed by atoms with van der Waals surface area (Å²) in [6.07, 6.45) is -4.06. The maximum atomic E-state index is 14.6. The van der Waals surface area contributed by atoms with Crippen LogP contribution in [0.1, 0.15) is 117 Å². The fourth-order valence-electron chi connectivity index (χ4n) is 9.83. The van der Waals surface area contributed by atoms with E-state index in [0.29, 0.717) is 11.5 Å². The first-order chi connectivity index (χ1) is 44.0. The molecule has 37 nitrogen and oxygen atoms in total. The first-order valence-electron chi connectivity index (χ1n) is 29.9. The second kappa shape index (κ2) is 36.8. The molecule has 3 aliphatic heterocycles. The zero-order valence-corrected chi connectivity index (χ0v) is 51.4. The van der Waals surface area contributed by atoms with Crippen molar-refractivity contribution in [2.45, 2.75) is 171 Å². The topological polar surface area (TPSA) is 573 Å². The number of primary amides is 1. The van der Waals surface area contributed by atoms with E-state index < -0.39 is 181 Å². The maximum Gasteiger partial charge on any atom is 0.372 e. The summed E-state index contributed by atoms with van der Waals surface area (Å²) < 4.78 is 7.00. The average Bonchev–Trinajstić information content (AvgIpc) is 0.754. The van der Waals surface area contributed by atoms with Crippen LogP contribution in [0.15, 0.2) is 23.0 Å². The summed E-state index contributed by atoms with van der Waals surface area (Å²) >= 11 is 0. The largest absolute Gasteiger partial charge is 0.504 e. The molecule has 20 N–H and O–H groups in total. The number of hydrogen-bond acceptors (Lipinski definition) is 23. The molecule has 4 aliphatic rings. The Kier molecular flexibility index (Phi) is 29.9. The Bertz CT molecular complexity index is 3110. The number of nitrogens with two attached hydrogens (primary N) is 3. The molecule has 512 valence electrons. The minimum Gasteiger partial charge on any atom is -0.504 e. The van der Waals surface area contributed by atoms with Crippen molar-refractivity contribution in [3.05, 3.63) is 28.4 Å². The number of anilines is 2. The third-order valence-corrected chi connectivity index (χ3v) is 14.9. The average molecular weight is 1320 g/mol. The molecule has 0 aromatic heterocycles. The van der Waals surface area contributed by atoms with Gasteiger partial charge in [-0.15, -0.1) is 0 Å². The normalized spacial score (nSPS) is 20.3. The number of aliphatic carboxylic acids is 1. The van der Waals surface area contributed by atoms with E-state index in [2.05, 4.69) is 53.2 Å². The van der Waals surface area contributed by atoms with Gasteiger partial charge in [0, 0.05) is 44.1 Å². The van der Waals surface area contributed by atoms with Crippen molar-refractivity contribution < 1.29 is 97.3 Å². The van der Waals surface area contributed by atoms with E-state index in [9.17, 15) is 92.2 Å². The number of rotatable bonds is 33. The summed E-state index contributed by atoms with van der Waals surface area (Å²) in [5, 5.41) is 64.7. The van der Waals surface area contributed by atoms with E-state index in [1.54, 1.807) is 0 Å². The van der Waals surface area contributed by atoms with Crippen molar-refractivity contribution in [3.8, 4) is 17.0 Å². The van der Waals surface area contributed by atoms with Crippen molar-refractivity contribution in [1.29, 1.82) is 0 Å². The van der Waals surface area contributed by atoms with E-state index in [4.69, 9.17) is 27.0 Å². The third kappa shape index (κ3) is 23.1. The molecule has 0 saturated carbocycles. The van der Waals surface area contributed by atoms with Crippen molar-refractivity contribution in [1.82, 2.24) is 57.2 Å². The summed E-state index contributed by atoms with van der Waals surface area (Å²) in [6, 6.07) is -11.0. The number of ketones is 1. The standard InChI is InChI=1S/C56H82N16O21/c1-28-47(80)61-29(2)48(81)64-33(12-8-20-70(91)26-73)50(83)67-35(11-5-7-18-58)56(90)93-30(3)45(54(87)62-28)69-51(84)32(10-4-6-17-57)65-49(82)34(13-9-21-71(92)27-74)66-52(85)37(24-43(59)78)68-53(86)38-16-19-60-46-36(63-44(79)15-14-40(75)55(88)89)22-31-23-41(76)42(77)25-39(31)72(38)46/h22-23,25-30,32-35,37-38,45,60,76,91-92H,4-21,24,57-58H2,1-3H3,(H2,59,78)(H,61,80)(H,62,87)(H,63,79)(H,64,81)(H,65,82)(H,66,85)(H,67,83)(H,68,86)(H,69,84)(H,88,89)/t28?,29?,30?,32?,33?,34?,35?,37?,38-,45?/m0/s1.